The third-order valence-electron chi connectivity index (χ3n) is 5.65. The monoisotopic (exact) mass is 401 g/mol. The van der Waals surface area contributed by atoms with E-state index in [9.17, 15) is 19.5 Å². The number of carbonyl (C=O) groups is 2. The zero-order valence-corrected chi connectivity index (χ0v) is 17.0. The highest BCUT2D eigenvalue weighted by Crippen LogP contribution is 2.29. The zero-order chi connectivity index (χ0) is 21.1. The molecule has 0 saturated heterocycles. The number of benzene rings is 1. The number of amides is 1. The van der Waals surface area contributed by atoms with Gasteiger partial charge in [0, 0.05) is 17.0 Å². The number of hydrogen-bond donors (Lipinski definition) is 2. The van der Waals surface area contributed by atoms with Gasteiger partial charge in [-0.2, -0.15) is 0 Å². The summed E-state index contributed by atoms with van der Waals surface area (Å²) >= 11 is 0. The van der Waals surface area contributed by atoms with Crippen LogP contribution in [0.4, 0.5) is 0 Å². The van der Waals surface area contributed by atoms with Crippen LogP contribution in [0.1, 0.15) is 51.2 Å². The van der Waals surface area contributed by atoms with Crippen molar-refractivity contribution < 1.29 is 23.8 Å². The van der Waals surface area contributed by atoms with Gasteiger partial charge >= 0.3 is 11.6 Å². The number of rotatable bonds is 7. The van der Waals surface area contributed by atoms with E-state index in [0.717, 1.165) is 42.2 Å². The maximum atomic E-state index is 12.4. The number of hydrogen-bond acceptors (Lipinski definition) is 5. The molecule has 7 nitrogen and oxygen atoms in total. The van der Waals surface area contributed by atoms with Gasteiger partial charge in [-0.05, 0) is 56.2 Å². The molecule has 0 spiro atoms. The molecule has 1 heterocycles. The van der Waals surface area contributed by atoms with Gasteiger partial charge in [0.15, 0.2) is 6.10 Å². The minimum absolute atomic E-state index is 0.204. The predicted molar refractivity (Wildman–Crippen MR) is 108 cm³/mol. The number of aliphatic carboxylic acids is 1. The van der Waals surface area contributed by atoms with Gasteiger partial charge in [0.2, 0.25) is 0 Å². The van der Waals surface area contributed by atoms with Gasteiger partial charge in [0.25, 0.3) is 5.91 Å². The summed E-state index contributed by atoms with van der Waals surface area (Å²) in [5.41, 5.74) is 1.92. The molecule has 1 aliphatic carbocycles. The highest BCUT2D eigenvalue weighted by Gasteiger charge is 2.28. The first-order valence-electron chi connectivity index (χ1n) is 10.1. The van der Waals surface area contributed by atoms with E-state index in [1.54, 1.807) is 26.0 Å². The first kappa shape index (κ1) is 20.9. The summed E-state index contributed by atoms with van der Waals surface area (Å²) in [4.78, 5) is 36.1. The molecule has 2 aromatic rings. The first-order chi connectivity index (χ1) is 13.8. The Morgan fingerprint density at radius 3 is 2.55 bits per heavy atom. The molecule has 3 atom stereocenters. The lowest BCUT2D eigenvalue weighted by Gasteiger charge is -2.22. The molecular weight excluding hydrogens is 374 g/mol. The summed E-state index contributed by atoms with van der Waals surface area (Å²) in [6.45, 7) is 5.20. The summed E-state index contributed by atoms with van der Waals surface area (Å²) < 4.78 is 11.2. The van der Waals surface area contributed by atoms with E-state index in [4.69, 9.17) is 9.15 Å². The quantitative estimate of drug-likeness (QED) is 0.691. The maximum Gasteiger partial charge on any atom is 0.339 e. The third kappa shape index (κ3) is 4.44. The minimum Gasteiger partial charge on any atom is -0.481 e. The van der Waals surface area contributed by atoms with Gasteiger partial charge in [-0.1, -0.05) is 20.3 Å². The second kappa shape index (κ2) is 8.68. The van der Waals surface area contributed by atoms with E-state index in [0.29, 0.717) is 17.8 Å². The Labute approximate surface area is 169 Å². The highest BCUT2D eigenvalue weighted by atomic mass is 16.5. The number of carbonyl (C=O) groups excluding carboxylic acids is 1. The topological polar surface area (TPSA) is 106 Å². The number of fused-ring (bicyclic) bond motifs is 3. The van der Waals surface area contributed by atoms with Crippen LogP contribution in [0.2, 0.25) is 0 Å². The lowest BCUT2D eigenvalue weighted by atomic mass is 9.91. The van der Waals surface area contributed by atoms with Crippen molar-refractivity contribution in [2.24, 2.45) is 5.92 Å². The molecule has 0 saturated carbocycles. The van der Waals surface area contributed by atoms with Crippen molar-refractivity contribution in [1.29, 1.82) is 0 Å². The summed E-state index contributed by atoms with van der Waals surface area (Å²) in [5.74, 6) is -1.40. The molecular formula is C22H27NO6. The minimum atomic E-state index is -1.07. The van der Waals surface area contributed by atoms with Crippen LogP contribution in [0, 0.1) is 5.92 Å². The largest absolute Gasteiger partial charge is 0.481 e. The maximum absolute atomic E-state index is 12.4. The van der Waals surface area contributed by atoms with Gasteiger partial charge < -0.3 is 19.6 Å². The van der Waals surface area contributed by atoms with Crippen molar-refractivity contribution in [1.82, 2.24) is 5.32 Å². The molecule has 156 valence electrons. The Morgan fingerprint density at radius 2 is 1.90 bits per heavy atom. The van der Waals surface area contributed by atoms with Crippen LogP contribution in [0.3, 0.4) is 0 Å². The average Bonchev–Trinajstić information content (AvgIpc) is 2.71. The van der Waals surface area contributed by atoms with Gasteiger partial charge in [-0.25, -0.2) is 9.59 Å². The lowest BCUT2D eigenvalue weighted by molar-refractivity contribution is -0.144. The third-order valence-corrected chi connectivity index (χ3v) is 5.65. The van der Waals surface area contributed by atoms with Crippen molar-refractivity contribution in [3.05, 3.63) is 39.7 Å². The standard InChI is InChI=1S/C22H27NO6/c1-4-12(2)19(21(25)26)23-20(24)13(3)28-14-9-10-16-15-7-5-6-8-17(15)22(27)29-18(16)11-14/h9-13,19H,4-8H2,1-3H3,(H,23,24)(H,25,26)/t12-,13?,19-/m1/s1. The fourth-order valence-electron chi connectivity index (χ4n) is 3.71. The number of ether oxygens (including phenoxy) is 1. The number of carboxylic acids is 1. The van der Waals surface area contributed by atoms with E-state index < -0.39 is 24.0 Å². The fourth-order valence-corrected chi connectivity index (χ4v) is 3.71. The first-order valence-corrected chi connectivity index (χ1v) is 10.1. The molecule has 3 rings (SSSR count). The van der Waals surface area contributed by atoms with Gasteiger partial charge in [-0.3, -0.25) is 4.79 Å². The Hall–Kier alpha value is -2.83. The van der Waals surface area contributed by atoms with Crippen molar-refractivity contribution in [3.63, 3.8) is 0 Å². The predicted octanol–water partition coefficient (Wildman–Crippen LogP) is 3.05. The Morgan fingerprint density at radius 1 is 1.21 bits per heavy atom. The van der Waals surface area contributed by atoms with E-state index in [-0.39, 0.29) is 11.5 Å². The highest BCUT2D eigenvalue weighted by molar-refractivity contribution is 5.87. The van der Waals surface area contributed by atoms with Crippen molar-refractivity contribution in [2.75, 3.05) is 0 Å². The van der Waals surface area contributed by atoms with E-state index in [1.807, 2.05) is 13.0 Å². The van der Waals surface area contributed by atoms with Crippen LogP contribution in [0.25, 0.3) is 11.0 Å². The average molecular weight is 401 g/mol. The summed E-state index contributed by atoms with van der Waals surface area (Å²) in [6.07, 6.45) is 3.35. The summed E-state index contributed by atoms with van der Waals surface area (Å²) in [7, 11) is 0. The smallest absolute Gasteiger partial charge is 0.339 e. The van der Waals surface area contributed by atoms with Crippen LogP contribution < -0.4 is 15.7 Å². The van der Waals surface area contributed by atoms with Crippen molar-refractivity contribution in [2.45, 2.75) is 65.0 Å². The second-order valence-corrected chi connectivity index (χ2v) is 7.68. The van der Waals surface area contributed by atoms with E-state index in [2.05, 4.69) is 5.32 Å². The van der Waals surface area contributed by atoms with Crippen LogP contribution in [-0.2, 0) is 22.4 Å². The molecule has 0 radical (unpaired) electrons. The Balaban J connectivity index is 1.78. The number of nitrogens with one attached hydrogen (secondary N) is 1. The Kier molecular flexibility index (Phi) is 6.25. The second-order valence-electron chi connectivity index (χ2n) is 7.68. The normalized spacial score (nSPS) is 16.5. The van der Waals surface area contributed by atoms with Gasteiger partial charge in [0.1, 0.15) is 17.4 Å². The van der Waals surface area contributed by atoms with E-state index >= 15 is 0 Å². The van der Waals surface area contributed by atoms with Crippen molar-refractivity contribution in [3.8, 4) is 5.75 Å². The SMILES string of the molecule is CC[C@@H](C)[C@@H](NC(=O)C(C)Oc1ccc2c3c(c(=O)oc2c1)CCCC3)C(=O)O. The molecule has 1 aliphatic rings. The molecule has 1 amide bonds. The Bertz CT molecular complexity index is 979. The number of aryl methyl sites for hydroxylation is 1. The van der Waals surface area contributed by atoms with Crippen LogP contribution in [0.15, 0.2) is 27.4 Å². The van der Waals surface area contributed by atoms with Crippen molar-refractivity contribution >= 4 is 22.8 Å². The molecule has 0 bridgehead atoms. The summed E-state index contributed by atoms with van der Waals surface area (Å²) in [5, 5.41) is 12.8. The van der Waals surface area contributed by atoms with Crippen LogP contribution >= 0.6 is 0 Å². The molecule has 1 aromatic heterocycles. The lowest BCUT2D eigenvalue weighted by Crippen LogP contribution is -2.49. The molecule has 2 N–H and O–H groups in total. The molecule has 0 fully saturated rings. The summed E-state index contributed by atoms with van der Waals surface area (Å²) in [6, 6.07) is 4.23. The molecule has 7 heteroatoms. The molecule has 29 heavy (non-hydrogen) atoms. The molecule has 1 aromatic carbocycles. The fraction of sp³-hybridized carbons (Fsp3) is 0.500. The van der Waals surface area contributed by atoms with Crippen LogP contribution in [-0.4, -0.2) is 29.1 Å². The molecule has 0 aliphatic heterocycles. The van der Waals surface area contributed by atoms with Crippen LogP contribution in [0.5, 0.6) is 5.75 Å². The van der Waals surface area contributed by atoms with Gasteiger partial charge in [0.05, 0.1) is 0 Å². The van der Waals surface area contributed by atoms with Gasteiger partial charge in [-0.15, -0.1) is 0 Å². The molecule has 1 unspecified atom stereocenters. The zero-order valence-electron chi connectivity index (χ0n) is 17.0. The number of carboxylic acid groups (broad SMARTS) is 1. The van der Waals surface area contributed by atoms with E-state index in [1.165, 1.54) is 0 Å².